The second-order valence-electron chi connectivity index (χ2n) is 5.77. The molecule has 0 saturated carbocycles. The van der Waals surface area contributed by atoms with Crippen LogP contribution in [0.1, 0.15) is 35.1 Å². The van der Waals surface area contributed by atoms with E-state index in [0.717, 1.165) is 0 Å². The second-order valence-corrected chi connectivity index (χ2v) is 9.03. The number of thiazole rings is 1. The molecule has 1 saturated heterocycles. The van der Waals surface area contributed by atoms with Gasteiger partial charge in [0.1, 0.15) is 11.5 Å². The number of aromatic nitrogens is 1. The van der Waals surface area contributed by atoms with E-state index in [-0.39, 0.29) is 36.6 Å². The molecule has 0 bridgehead atoms. The molecule has 1 N–H and O–H groups in total. The summed E-state index contributed by atoms with van der Waals surface area (Å²) in [5.74, 6) is -0.471. The van der Waals surface area contributed by atoms with Crippen LogP contribution in [-0.2, 0) is 26.2 Å². The molecule has 8 nitrogen and oxygen atoms in total. The maximum absolute atomic E-state index is 12.4. The van der Waals surface area contributed by atoms with E-state index in [1.54, 1.807) is 6.92 Å². The van der Waals surface area contributed by atoms with Crippen LogP contribution >= 0.6 is 11.3 Å². The largest absolute Gasteiger partial charge is 0.367 e. The number of sulfonamides is 1. The Balaban J connectivity index is 1.60. The fourth-order valence-electron chi connectivity index (χ4n) is 2.81. The summed E-state index contributed by atoms with van der Waals surface area (Å²) in [6, 6.07) is 0. The molecule has 1 amide bonds. The van der Waals surface area contributed by atoms with E-state index >= 15 is 0 Å². The lowest BCUT2D eigenvalue weighted by molar-refractivity contribution is -0.120. The number of Topliss-reactive ketones (excluding diaryl/α,β-unsaturated/α-hetero) is 1. The summed E-state index contributed by atoms with van der Waals surface area (Å²) in [6.07, 6.45) is 0.969. The topological polar surface area (TPSA) is 106 Å². The van der Waals surface area contributed by atoms with E-state index in [0.29, 0.717) is 41.6 Å². The van der Waals surface area contributed by atoms with Crippen LogP contribution in [-0.4, -0.2) is 54.8 Å². The van der Waals surface area contributed by atoms with Gasteiger partial charge in [-0.05, 0) is 19.8 Å². The van der Waals surface area contributed by atoms with Crippen LogP contribution < -0.4 is 5.32 Å². The predicted molar refractivity (Wildman–Crippen MR) is 88.5 cm³/mol. The van der Waals surface area contributed by atoms with E-state index in [2.05, 4.69) is 10.3 Å². The van der Waals surface area contributed by atoms with E-state index in [4.69, 9.17) is 4.74 Å². The highest BCUT2D eigenvalue weighted by Gasteiger charge is 2.31. The summed E-state index contributed by atoms with van der Waals surface area (Å²) in [6.45, 7) is 2.65. The molecule has 0 spiro atoms. The Bertz CT molecular complexity index is 750. The molecule has 10 heteroatoms. The molecule has 3 heterocycles. The number of carbonyl (C=O) groups is 2. The van der Waals surface area contributed by atoms with Crippen LogP contribution in [0.4, 0.5) is 5.13 Å². The SMILES string of the molecule is CCS(=O)(=O)N1CCC(C(=O)Nc2nc3c(s2)C(=O)COC3)CC1. The van der Waals surface area contributed by atoms with Crippen molar-refractivity contribution in [2.24, 2.45) is 5.92 Å². The van der Waals surface area contributed by atoms with Gasteiger partial charge in [0.05, 0.1) is 18.1 Å². The Morgan fingerprint density at radius 3 is 2.71 bits per heavy atom. The van der Waals surface area contributed by atoms with Crippen LogP contribution in [0.2, 0.25) is 0 Å². The van der Waals surface area contributed by atoms with Gasteiger partial charge >= 0.3 is 0 Å². The number of nitrogens with one attached hydrogen (secondary N) is 1. The molecule has 0 aromatic carbocycles. The van der Waals surface area contributed by atoms with E-state index in [9.17, 15) is 18.0 Å². The number of carbonyl (C=O) groups excluding carboxylic acids is 2. The highest BCUT2D eigenvalue weighted by molar-refractivity contribution is 7.89. The number of nitrogens with zero attached hydrogens (tertiary/aromatic N) is 2. The van der Waals surface area contributed by atoms with Crippen molar-refractivity contribution >= 4 is 38.2 Å². The maximum atomic E-state index is 12.4. The first kappa shape index (κ1) is 17.5. The van der Waals surface area contributed by atoms with Crippen molar-refractivity contribution in [3.05, 3.63) is 10.6 Å². The monoisotopic (exact) mass is 373 g/mol. The van der Waals surface area contributed by atoms with Gasteiger partial charge in [0, 0.05) is 19.0 Å². The van der Waals surface area contributed by atoms with E-state index in [1.807, 2.05) is 0 Å². The van der Waals surface area contributed by atoms with Crippen molar-refractivity contribution < 1.29 is 22.7 Å². The highest BCUT2D eigenvalue weighted by atomic mass is 32.2. The van der Waals surface area contributed by atoms with E-state index in [1.165, 1.54) is 15.6 Å². The number of amides is 1. The van der Waals surface area contributed by atoms with Gasteiger partial charge in [0.2, 0.25) is 15.9 Å². The fraction of sp³-hybridized carbons (Fsp3) is 0.643. The van der Waals surface area contributed by atoms with Crippen LogP contribution in [0.3, 0.4) is 0 Å². The summed E-state index contributed by atoms with van der Waals surface area (Å²) >= 11 is 1.17. The van der Waals surface area contributed by atoms with Crippen LogP contribution in [0.25, 0.3) is 0 Å². The molecule has 0 radical (unpaired) electrons. The smallest absolute Gasteiger partial charge is 0.229 e. The van der Waals surface area contributed by atoms with Crippen molar-refractivity contribution in [2.75, 3.05) is 30.8 Å². The third-order valence-corrected chi connectivity index (χ3v) is 7.17. The average Bonchev–Trinajstić information content (AvgIpc) is 2.99. The third kappa shape index (κ3) is 3.51. The van der Waals surface area contributed by atoms with Gasteiger partial charge in [-0.2, -0.15) is 0 Å². The minimum Gasteiger partial charge on any atom is -0.367 e. The van der Waals surface area contributed by atoms with Crippen molar-refractivity contribution in [2.45, 2.75) is 26.4 Å². The van der Waals surface area contributed by atoms with Crippen LogP contribution in [0.15, 0.2) is 0 Å². The van der Waals surface area contributed by atoms with Crippen molar-refractivity contribution in [3.8, 4) is 0 Å². The number of piperidine rings is 1. The Hall–Kier alpha value is -1.36. The maximum Gasteiger partial charge on any atom is 0.229 e. The molecule has 2 aliphatic heterocycles. The standard InChI is InChI=1S/C14H19N3O5S2/c1-2-24(20,21)17-5-3-9(4-6-17)13(19)16-14-15-10-7-22-8-11(18)12(10)23-14/h9H,2-8H2,1H3,(H,15,16,19). The van der Waals surface area contributed by atoms with Gasteiger partial charge in [0.25, 0.3) is 0 Å². The Labute approximate surface area is 144 Å². The normalized spacial score (nSPS) is 20.0. The fourth-order valence-corrected chi connectivity index (χ4v) is 4.84. The molecule has 1 fully saturated rings. The van der Waals surface area contributed by atoms with Crippen molar-refractivity contribution in [1.29, 1.82) is 0 Å². The molecular weight excluding hydrogens is 354 g/mol. The van der Waals surface area contributed by atoms with Crippen molar-refractivity contribution in [3.63, 3.8) is 0 Å². The summed E-state index contributed by atoms with van der Waals surface area (Å²) in [7, 11) is -3.20. The number of hydrogen-bond acceptors (Lipinski definition) is 7. The Morgan fingerprint density at radius 1 is 1.38 bits per heavy atom. The van der Waals surface area contributed by atoms with Crippen LogP contribution in [0.5, 0.6) is 0 Å². The lowest BCUT2D eigenvalue weighted by atomic mass is 9.97. The van der Waals surface area contributed by atoms with Gasteiger partial charge in [0.15, 0.2) is 10.9 Å². The van der Waals surface area contributed by atoms with Gasteiger partial charge in [-0.25, -0.2) is 17.7 Å². The number of ether oxygens (including phenoxy) is 1. The average molecular weight is 373 g/mol. The molecule has 1 aromatic rings. The molecule has 132 valence electrons. The molecule has 0 unspecified atom stereocenters. The minimum atomic E-state index is -3.20. The number of ketones is 1. The minimum absolute atomic E-state index is 0.0486. The molecular formula is C14H19N3O5S2. The van der Waals surface area contributed by atoms with Gasteiger partial charge < -0.3 is 10.1 Å². The summed E-state index contributed by atoms with van der Waals surface area (Å²) in [4.78, 5) is 28.9. The van der Waals surface area contributed by atoms with Crippen LogP contribution in [0, 0.1) is 5.92 Å². The molecule has 1 aromatic heterocycles. The predicted octanol–water partition coefficient (Wildman–Crippen LogP) is 0.856. The Kier molecular flexibility index (Phi) is 5.00. The lowest BCUT2D eigenvalue weighted by Crippen LogP contribution is -2.42. The molecule has 24 heavy (non-hydrogen) atoms. The van der Waals surface area contributed by atoms with E-state index < -0.39 is 10.0 Å². The quantitative estimate of drug-likeness (QED) is 0.839. The Morgan fingerprint density at radius 2 is 2.08 bits per heavy atom. The number of rotatable bonds is 4. The number of hydrogen-bond donors (Lipinski definition) is 1. The zero-order valence-corrected chi connectivity index (χ0v) is 14.9. The molecule has 3 rings (SSSR count). The van der Waals surface area contributed by atoms with Gasteiger partial charge in [-0.3, -0.25) is 9.59 Å². The van der Waals surface area contributed by atoms with Gasteiger partial charge in [-0.1, -0.05) is 11.3 Å². The lowest BCUT2D eigenvalue weighted by Gasteiger charge is -2.30. The number of fused-ring (bicyclic) bond motifs is 1. The highest BCUT2D eigenvalue weighted by Crippen LogP contribution is 2.28. The summed E-state index contributed by atoms with van der Waals surface area (Å²) in [5, 5.41) is 3.15. The summed E-state index contributed by atoms with van der Waals surface area (Å²) < 4.78 is 30.2. The molecule has 0 atom stereocenters. The van der Waals surface area contributed by atoms with Crippen molar-refractivity contribution in [1.82, 2.24) is 9.29 Å². The number of anilines is 1. The zero-order chi connectivity index (χ0) is 17.3. The first-order chi connectivity index (χ1) is 11.4. The van der Waals surface area contributed by atoms with Gasteiger partial charge in [-0.15, -0.1) is 0 Å². The first-order valence-corrected chi connectivity index (χ1v) is 10.2. The second kappa shape index (κ2) is 6.87. The summed E-state index contributed by atoms with van der Waals surface area (Å²) in [5.41, 5.74) is 0.565. The first-order valence-electron chi connectivity index (χ1n) is 7.80. The zero-order valence-electron chi connectivity index (χ0n) is 13.3. The molecule has 0 aliphatic carbocycles. The molecule has 2 aliphatic rings. The third-order valence-electron chi connectivity index (χ3n) is 4.24.